The Hall–Kier alpha value is -1.09. The van der Waals surface area contributed by atoms with Crippen molar-refractivity contribution in [3.63, 3.8) is 0 Å². The number of benzene rings is 1. The second-order valence-corrected chi connectivity index (χ2v) is 6.08. The first kappa shape index (κ1) is 14.3. The highest BCUT2D eigenvalue weighted by Crippen LogP contribution is 2.30. The molecule has 0 spiro atoms. The SMILES string of the molecule is CCC(C)(C)N(C)c1nc2ccccc2cc1CBr. The lowest BCUT2D eigenvalue weighted by Gasteiger charge is -2.37. The molecule has 0 aliphatic heterocycles. The molecule has 2 nitrogen and oxygen atoms in total. The molecule has 1 aromatic heterocycles. The molecule has 2 rings (SSSR count). The number of hydrogen-bond acceptors (Lipinski definition) is 2. The second-order valence-electron chi connectivity index (χ2n) is 5.52. The van der Waals surface area contributed by atoms with Crippen LogP contribution < -0.4 is 4.90 Å². The van der Waals surface area contributed by atoms with Crippen molar-refractivity contribution in [3.05, 3.63) is 35.9 Å². The van der Waals surface area contributed by atoms with Crippen LogP contribution in [0.25, 0.3) is 10.9 Å². The zero-order chi connectivity index (χ0) is 14.0. The molecule has 0 amide bonds. The number of pyridine rings is 1. The molecule has 2 aromatic rings. The van der Waals surface area contributed by atoms with E-state index in [1.807, 2.05) is 6.07 Å². The summed E-state index contributed by atoms with van der Waals surface area (Å²) in [6.07, 6.45) is 1.08. The zero-order valence-electron chi connectivity index (χ0n) is 12.1. The maximum Gasteiger partial charge on any atom is 0.133 e. The van der Waals surface area contributed by atoms with E-state index in [1.54, 1.807) is 0 Å². The molecule has 0 saturated heterocycles. The van der Waals surface area contributed by atoms with E-state index < -0.39 is 0 Å². The van der Waals surface area contributed by atoms with Gasteiger partial charge < -0.3 is 4.90 Å². The quantitative estimate of drug-likeness (QED) is 0.755. The molecule has 0 bridgehead atoms. The molecule has 0 aliphatic carbocycles. The lowest BCUT2D eigenvalue weighted by molar-refractivity contribution is 0.467. The van der Waals surface area contributed by atoms with Crippen LogP contribution in [-0.2, 0) is 5.33 Å². The molecule has 0 atom stereocenters. The smallest absolute Gasteiger partial charge is 0.133 e. The number of para-hydroxylation sites is 1. The Morgan fingerprint density at radius 1 is 1.26 bits per heavy atom. The van der Waals surface area contributed by atoms with Gasteiger partial charge >= 0.3 is 0 Å². The van der Waals surface area contributed by atoms with Crippen LogP contribution in [0.4, 0.5) is 5.82 Å². The summed E-state index contributed by atoms with van der Waals surface area (Å²) in [6, 6.07) is 10.5. The minimum absolute atomic E-state index is 0.104. The summed E-state index contributed by atoms with van der Waals surface area (Å²) in [7, 11) is 2.13. The molecule has 19 heavy (non-hydrogen) atoms. The third-order valence-corrected chi connectivity index (χ3v) is 4.62. The summed E-state index contributed by atoms with van der Waals surface area (Å²) in [4.78, 5) is 7.14. The van der Waals surface area contributed by atoms with Crippen molar-refractivity contribution in [2.24, 2.45) is 0 Å². The summed E-state index contributed by atoms with van der Waals surface area (Å²) < 4.78 is 0. The second kappa shape index (κ2) is 5.49. The first-order valence-electron chi connectivity index (χ1n) is 6.68. The topological polar surface area (TPSA) is 16.1 Å². The van der Waals surface area contributed by atoms with Gasteiger partial charge in [0.05, 0.1) is 5.52 Å². The number of aromatic nitrogens is 1. The van der Waals surface area contributed by atoms with E-state index in [4.69, 9.17) is 4.98 Å². The van der Waals surface area contributed by atoms with Gasteiger partial charge in [0.2, 0.25) is 0 Å². The van der Waals surface area contributed by atoms with Crippen LogP contribution in [0.2, 0.25) is 0 Å². The van der Waals surface area contributed by atoms with Gasteiger partial charge in [-0.1, -0.05) is 41.1 Å². The normalized spacial score (nSPS) is 11.8. The Kier molecular flexibility index (Phi) is 4.14. The number of anilines is 1. The predicted octanol–water partition coefficient (Wildman–Crippen LogP) is 4.75. The Morgan fingerprint density at radius 2 is 1.95 bits per heavy atom. The van der Waals surface area contributed by atoms with Crippen molar-refractivity contribution in [3.8, 4) is 0 Å². The number of halogens is 1. The largest absolute Gasteiger partial charge is 0.354 e. The van der Waals surface area contributed by atoms with E-state index in [0.29, 0.717) is 0 Å². The van der Waals surface area contributed by atoms with Gasteiger partial charge in [-0.05, 0) is 32.4 Å². The monoisotopic (exact) mass is 320 g/mol. The fourth-order valence-corrected chi connectivity index (χ4v) is 2.47. The average Bonchev–Trinajstić information content (AvgIpc) is 2.44. The number of nitrogens with zero attached hydrogens (tertiary/aromatic N) is 2. The molecule has 1 aromatic carbocycles. The Balaban J connectivity index is 2.58. The minimum Gasteiger partial charge on any atom is -0.354 e. The molecule has 0 unspecified atom stereocenters. The van der Waals surface area contributed by atoms with Gasteiger partial charge in [0.15, 0.2) is 0 Å². The van der Waals surface area contributed by atoms with Gasteiger partial charge in [-0.15, -0.1) is 0 Å². The molecule has 0 saturated carbocycles. The third kappa shape index (κ3) is 2.76. The average molecular weight is 321 g/mol. The summed E-state index contributed by atoms with van der Waals surface area (Å²) in [5.41, 5.74) is 2.40. The maximum atomic E-state index is 4.86. The van der Waals surface area contributed by atoms with Crippen LogP contribution in [-0.4, -0.2) is 17.6 Å². The van der Waals surface area contributed by atoms with Gasteiger partial charge in [0, 0.05) is 28.9 Å². The van der Waals surface area contributed by atoms with Crippen LogP contribution in [0.5, 0.6) is 0 Å². The predicted molar refractivity (Wildman–Crippen MR) is 87.1 cm³/mol. The van der Waals surface area contributed by atoms with Gasteiger partial charge in [-0.2, -0.15) is 0 Å². The first-order chi connectivity index (χ1) is 8.99. The van der Waals surface area contributed by atoms with Crippen molar-refractivity contribution in [2.75, 3.05) is 11.9 Å². The maximum absolute atomic E-state index is 4.86. The van der Waals surface area contributed by atoms with E-state index in [1.165, 1.54) is 10.9 Å². The van der Waals surface area contributed by atoms with E-state index >= 15 is 0 Å². The fourth-order valence-electron chi connectivity index (χ4n) is 2.06. The van der Waals surface area contributed by atoms with Gasteiger partial charge in [-0.25, -0.2) is 4.98 Å². The first-order valence-corrected chi connectivity index (χ1v) is 7.80. The van der Waals surface area contributed by atoms with Crippen LogP contribution in [0.15, 0.2) is 30.3 Å². The molecular weight excluding hydrogens is 300 g/mol. The molecule has 0 aliphatic rings. The Labute approximate surface area is 124 Å². The molecule has 0 radical (unpaired) electrons. The van der Waals surface area contributed by atoms with Gasteiger partial charge in [-0.3, -0.25) is 0 Å². The molecule has 3 heteroatoms. The van der Waals surface area contributed by atoms with Gasteiger partial charge in [0.1, 0.15) is 5.82 Å². The van der Waals surface area contributed by atoms with E-state index in [9.17, 15) is 0 Å². The molecule has 0 fully saturated rings. The minimum atomic E-state index is 0.104. The summed E-state index contributed by atoms with van der Waals surface area (Å²) >= 11 is 3.58. The summed E-state index contributed by atoms with van der Waals surface area (Å²) in [6.45, 7) is 6.72. The van der Waals surface area contributed by atoms with Crippen molar-refractivity contribution in [1.82, 2.24) is 4.98 Å². The highest BCUT2D eigenvalue weighted by Gasteiger charge is 2.24. The number of hydrogen-bond donors (Lipinski definition) is 0. The van der Waals surface area contributed by atoms with Gasteiger partial charge in [0.25, 0.3) is 0 Å². The van der Waals surface area contributed by atoms with Crippen LogP contribution in [0.3, 0.4) is 0 Å². The Bertz CT molecular complexity index is 578. The third-order valence-electron chi connectivity index (χ3n) is 4.01. The molecular formula is C16H21BrN2. The number of rotatable bonds is 4. The van der Waals surface area contributed by atoms with Crippen molar-refractivity contribution in [1.29, 1.82) is 0 Å². The van der Waals surface area contributed by atoms with E-state index in [2.05, 4.69) is 72.9 Å². The molecule has 1 heterocycles. The standard InChI is InChI=1S/C16H21BrN2/c1-5-16(2,3)19(4)15-13(11-17)10-12-8-6-7-9-14(12)18-15/h6-10H,5,11H2,1-4H3. The highest BCUT2D eigenvalue weighted by molar-refractivity contribution is 9.08. The fraction of sp³-hybridized carbons (Fsp3) is 0.438. The Morgan fingerprint density at radius 3 is 2.58 bits per heavy atom. The highest BCUT2D eigenvalue weighted by atomic mass is 79.9. The van der Waals surface area contributed by atoms with E-state index in [-0.39, 0.29) is 5.54 Å². The van der Waals surface area contributed by atoms with Crippen molar-refractivity contribution >= 4 is 32.7 Å². The van der Waals surface area contributed by atoms with Crippen LogP contribution in [0.1, 0.15) is 32.8 Å². The zero-order valence-corrected chi connectivity index (χ0v) is 13.7. The summed E-state index contributed by atoms with van der Waals surface area (Å²) in [5, 5.41) is 2.02. The number of alkyl halides is 1. The number of fused-ring (bicyclic) bond motifs is 1. The molecule has 0 N–H and O–H groups in total. The van der Waals surface area contributed by atoms with Crippen molar-refractivity contribution < 1.29 is 0 Å². The summed E-state index contributed by atoms with van der Waals surface area (Å²) in [5.74, 6) is 1.07. The van der Waals surface area contributed by atoms with Crippen LogP contribution >= 0.6 is 15.9 Å². The lowest BCUT2D eigenvalue weighted by atomic mass is 9.99. The van der Waals surface area contributed by atoms with Crippen molar-refractivity contribution in [2.45, 2.75) is 38.1 Å². The van der Waals surface area contributed by atoms with Crippen LogP contribution in [0, 0.1) is 0 Å². The lowest BCUT2D eigenvalue weighted by Crippen LogP contribution is -2.41. The molecule has 102 valence electrons. The van der Waals surface area contributed by atoms with E-state index in [0.717, 1.165) is 23.1 Å².